The van der Waals surface area contributed by atoms with Crippen LogP contribution in [0.5, 0.6) is 0 Å². The molecule has 0 bridgehead atoms. The predicted octanol–water partition coefficient (Wildman–Crippen LogP) is 4.26. The van der Waals surface area contributed by atoms with Crippen LogP contribution in [0.2, 0.25) is 5.02 Å². The van der Waals surface area contributed by atoms with Crippen LogP contribution in [0.1, 0.15) is 30.0 Å². The molecule has 1 aliphatic heterocycles. The van der Waals surface area contributed by atoms with Gasteiger partial charge in [0.2, 0.25) is 5.91 Å². The summed E-state index contributed by atoms with van der Waals surface area (Å²) >= 11 is 6.40. The van der Waals surface area contributed by atoms with Crippen molar-refractivity contribution in [3.63, 3.8) is 0 Å². The number of nitrogens with zero attached hydrogens (tertiary/aromatic N) is 1. The zero-order valence-electron chi connectivity index (χ0n) is 14.2. The molecule has 1 amide bonds. The van der Waals surface area contributed by atoms with Crippen LogP contribution in [0.4, 0.5) is 0 Å². The van der Waals surface area contributed by atoms with Crippen LogP contribution in [0.25, 0.3) is 0 Å². The number of hydrogen-bond donors (Lipinski definition) is 1. The average molecular weight is 379 g/mol. The normalized spacial score (nSPS) is 15.4. The molecular formula is C20H24Cl2N2O. The maximum absolute atomic E-state index is 12.3. The average Bonchev–Trinajstić information content (AvgIpc) is 3.12. The number of hydrogen-bond acceptors (Lipinski definition) is 2. The number of likely N-dealkylation sites (tertiary alicyclic amines) is 1. The van der Waals surface area contributed by atoms with Gasteiger partial charge in [0.15, 0.2) is 0 Å². The SMILES string of the molecule is Cl.O=C(Cc1ccccc1)NCC(c1ccccc1Cl)N1CCCC1. The van der Waals surface area contributed by atoms with E-state index in [2.05, 4.69) is 16.3 Å². The Labute approximate surface area is 160 Å². The van der Waals surface area contributed by atoms with Gasteiger partial charge in [-0.1, -0.05) is 60.1 Å². The van der Waals surface area contributed by atoms with Gasteiger partial charge in [-0.25, -0.2) is 0 Å². The topological polar surface area (TPSA) is 32.3 Å². The lowest BCUT2D eigenvalue weighted by molar-refractivity contribution is -0.120. The van der Waals surface area contributed by atoms with Crippen LogP contribution in [0.3, 0.4) is 0 Å². The zero-order valence-corrected chi connectivity index (χ0v) is 15.7. The summed E-state index contributed by atoms with van der Waals surface area (Å²) in [4.78, 5) is 14.7. The minimum absolute atomic E-state index is 0. The van der Waals surface area contributed by atoms with Gasteiger partial charge in [0, 0.05) is 11.6 Å². The maximum Gasteiger partial charge on any atom is 0.224 e. The summed E-state index contributed by atoms with van der Waals surface area (Å²) in [5.41, 5.74) is 2.13. The Bertz CT molecular complexity index is 672. The highest BCUT2D eigenvalue weighted by Gasteiger charge is 2.25. The fraction of sp³-hybridized carbons (Fsp3) is 0.350. The van der Waals surface area contributed by atoms with Crippen molar-refractivity contribution in [3.8, 4) is 0 Å². The second-order valence-corrected chi connectivity index (χ2v) is 6.65. The van der Waals surface area contributed by atoms with E-state index in [0.717, 1.165) is 29.2 Å². The Balaban J connectivity index is 0.00000225. The monoisotopic (exact) mass is 378 g/mol. The van der Waals surface area contributed by atoms with E-state index in [1.165, 1.54) is 12.8 Å². The van der Waals surface area contributed by atoms with E-state index in [1.807, 2.05) is 48.5 Å². The Hall–Kier alpha value is -1.55. The standard InChI is InChI=1S/C20H23ClN2O.ClH/c21-18-11-5-4-10-17(18)19(23-12-6-7-13-23)15-22-20(24)14-16-8-2-1-3-9-16;/h1-5,8-11,19H,6-7,12-15H2,(H,22,24);1H. The third-order valence-corrected chi connectivity index (χ3v) is 4.89. The predicted molar refractivity (Wildman–Crippen MR) is 105 cm³/mol. The number of carbonyl (C=O) groups is 1. The van der Waals surface area contributed by atoms with Crippen molar-refractivity contribution in [1.29, 1.82) is 0 Å². The number of rotatable bonds is 6. The largest absolute Gasteiger partial charge is 0.354 e. The van der Waals surface area contributed by atoms with Crippen LogP contribution >= 0.6 is 24.0 Å². The summed E-state index contributed by atoms with van der Waals surface area (Å²) in [6, 6.07) is 17.9. The molecule has 0 spiro atoms. The number of halogens is 2. The summed E-state index contributed by atoms with van der Waals surface area (Å²) in [7, 11) is 0. The van der Waals surface area contributed by atoms with Gasteiger partial charge in [-0.3, -0.25) is 9.69 Å². The summed E-state index contributed by atoms with van der Waals surface area (Å²) in [5.74, 6) is 0.0532. The lowest BCUT2D eigenvalue weighted by atomic mass is 10.0. The lowest BCUT2D eigenvalue weighted by Crippen LogP contribution is -2.37. The lowest BCUT2D eigenvalue weighted by Gasteiger charge is -2.29. The number of amides is 1. The molecule has 1 atom stereocenters. The van der Waals surface area contributed by atoms with Crippen molar-refractivity contribution in [2.24, 2.45) is 0 Å². The fourth-order valence-corrected chi connectivity index (χ4v) is 3.55. The maximum atomic E-state index is 12.3. The Kier molecular flexibility index (Phi) is 7.76. The minimum atomic E-state index is 0. The molecule has 0 radical (unpaired) electrons. The minimum Gasteiger partial charge on any atom is -0.354 e. The van der Waals surface area contributed by atoms with Crippen molar-refractivity contribution < 1.29 is 4.79 Å². The molecule has 25 heavy (non-hydrogen) atoms. The molecular weight excluding hydrogens is 355 g/mol. The molecule has 5 heteroatoms. The van der Waals surface area contributed by atoms with Gasteiger partial charge in [0.1, 0.15) is 0 Å². The van der Waals surface area contributed by atoms with Gasteiger partial charge < -0.3 is 5.32 Å². The molecule has 3 rings (SSSR count). The van der Waals surface area contributed by atoms with E-state index in [1.54, 1.807) is 0 Å². The summed E-state index contributed by atoms with van der Waals surface area (Å²) in [6.45, 7) is 2.71. The molecule has 134 valence electrons. The molecule has 0 aliphatic carbocycles. The molecule has 1 unspecified atom stereocenters. The van der Waals surface area contributed by atoms with Crippen LogP contribution in [-0.4, -0.2) is 30.4 Å². The van der Waals surface area contributed by atoms with Gasteiger partial charge in [0.05, 0.1) is 12.5 Å². The van der Waals surface area contributed by atoms with E-state index in [-0.39, 0.29) is 24.4 Å². The smallest absolute Gasteiger partial charge is 0.224 e. The molecule has 3 nitrogen and oxygen atoms in total. The van der Waals surface area contributed by atoms with Gasteiger partial charge in [-0.2, -0.15) is 0 Å². The highest BCUT2D eigenvalue weighted by atomic mass is 35.5. The first-order valence-electron chi connectivity index (χ1n) is 8.53. The first-order chi connectivity index (χ1) is 11.7. The number of nitrogens with one attached hydrogen (secondary N) is 1. The second-order valence-electron chi connectivity index (χ2n) is 6.25. The molecule has 1 fully saturated rings. The van der Waals surface area contributed by atoms with Crippen molar-refractivity contribution in [3.05, 3.63) is 70.7 Å². The summed E-state index contributed by atoms with van der Waals surface area (Å²) < 4.78 is 0. The first-order valence-corrected chi connectivity index (χ1v) is 8.91. The Morgan fingerprint density at radius 2 is 1.68 bits per heavy atom. The number of carbonyl (C=O) groups excluding carboxylic acids is 1. The molecule has 2 aromatic carbocycles. The summed E-state index contributed by atoms with van der Waals surface area (Å²) in [6.07, 6.45) is 2.83. The van der Waals surface area contributed by atoms with Gasteiger partial charge in [-0.05, 0) is 43.1 Å². The third kappa shape index (κ3) is 5.46. The third-order valence-electron chi connectivity index (χ3n) is 4.55. The first kappa shape index (κ1) is 19.8. The quantitative estimate of drug-likeness (QED) is 0.814. The summed E-state index contributed by atoms with van der Waals surface area (Å²) in [5, 5.41) is 3.86. The Morgan fingerprint density at radius 1 is 1.04 bits per heavy atom. The van der Waals surface area contributed by atoms with Crippen LogP contribution < -0.4 is 5.32 Å². The highest BCUT2D eigenvalue weighted by Crippen LogP contribution is 2.29. The zero-order chi connectivity index (χ0) is 16.8. The molecule has 1 aliphatic rings. The molecule has 2 aromatic rings. The van der Waals surface area contributed by atoms with Crippen LogP contribution in [0, 0.1) is 0 Å². The fourth-order valence-electron chi connectivity index (χ4n) is 3.29. The van der Waals surface area contributed by atoms with E-state index in [4.69, 9.17) is 11.6 Å². The van der Waals surface area contributed by atoms with Crippen LogP contribution in [-0.2, 0) is 11.2 Å². The van der Waals surface area contributed by atoms with E-state index < -0.39 is 0 Å². The van der Waals surface area contributed by atoms with Gasteiger partial charge in [0.25, 0.3) is 0 Å². The molecule has 1 saturated heterocycles. The van der Waals surface area contributed by atoms with Gasteiger partial charge >= 0.3 is 0 Å². The van der Waals surface area contributed by atoms with E-state index in [0.29, 0.717) is 13.0 Å². The molecule has 0 saturated carbocycles. The molecule has 0 aromatic heterocycles. The molecule has 1 heterocycles. The Morgan fingerprint density at radius 3 is 2.36 bits per heavy atom. The second kappa shape index (κ2) is 9.81. The van der Waals surface area contributed by atoms with Crippen LogP contribution in [0.15, 0.2) is 54.6 Å². The molecule has 1 N–H and O–H groups in total. The van der Waals surface area contributed by atoms with Crippen molar-refractivity contribution in [2.45, 2.75) is 25.3 Å². The van der Waals surface area contributed by atoms with Crippen molar-refractivity contribution in [2.75, 3.05) is 19.6 Å². The highest BCUT2D eigenvalue weighted by molar-refractivity contribution is 6.31. The van der Waals surface area contributed by atoms with E-state index >= 15 is 0 Å². The van der Waals surface area contributed by atoms with Gasteiger partial charge in [-0.15, -0.1) is 12.4 Å². The van der Waals surface area contributed by atoms with E-state index in [9.17, 15) is 4.79 Å². The van der Waals surface area contributed by atoms with Crippen molar-refractivity contribution in [1.82, 2.24) is 10.2 Å². The number of benzene rings is 2. The van der Waals surface area contributed by atoms with Crippen molar-refractivity contribution >= 4 is 29.9 Å².